The summed E-state index contributed by atoms with van der Waals surface area (Å²) >= 11 is 0. The van der Waals surface area contributed by atoms with Gasteiger partial charge in [-0.25, -0.2) is 0 Å². The van der Waals surface area contributed by atoms with Gasteiger partial charge in [-0.1, -0.05) is 24.3 Å². The van der Waals surface area contributed by atoms with Crippen molar-refractivity contribution >= 4 is 6.29 Å². The molecule has 1 aromatic rings. The molecule has 0 amide bonds. The Kier molecular flexibility index (Phi) is 2.50. The number of ether oxygens (including phenoxy) is 1. The molecule has 2 nitrogen and oxygen atoms in total. The summed E-state index contributed by atoms with van der Waals surface area (Å²) in [5.41, 5.74) is 1.26. The van der Waals surface area contributed by atoms with Gasteiger partial charge in [-0.05, 0) is 36.0 Å². The quantitative estimate of drug-likeness (QED) is 0.587. The van der Waals surface area contributed by atoms with E-state index in [0.717, 1.165) is 18.5 Å². The van der Waals surface area contributed by atoms with E-state index in [4.69, 9.17) is 4.74 Å². The Hall–Kier alpha value is -1.57. The molecule has 1 fully saturated rings. The fraction of sp³-hybridized carbons (Fsp3) is 0.400. The second kappa shape index (κ2) is 4.02. The SMILES string of the molecule is COc1ccc([C@@H]2[C@@H](C=O)[C@H]3C=C[C@@H]2C3)cc1. The van der Waals surface area contributed by atoms with Crippen LogP contribution in [-0.2, 0) is 4.79 Å². The first-order valence-corrected chi connectivity index (χ1v) is 6.11. The summed E-state index contributed by atoms with van der Waals surface area (Å²) in [6.45, 7) is 0. The highest BCUT2D eigenvalue weighted by Crippen LogP contribution is 2.52. The minimum atomic E-state index is 0.165. The molecule has 0 heterocycles. The van der Waals surface area contributed by atoms with Crippen molar-refractivity contribution in [3.05, 3.63) is 42.0 Å². The summed E-state index contributed by atoms with van der Waals surface area (Å²) < 4.78 is 5.16. The van der Waals surface area contributed by atoms with E-state index >= 15 is 0 Å². The molecule has 2 aliphatic carbocycles. The van der Waals surface area contributed by atoms with Gasteiger partial charge in [-0.2, -0.15) is 0 Å². The van der Waals surface area contributed by atoms with Gasteiger partial charge >= 0.3 is 0 Å². The highest BCUT2D eigenvalue weighted by molar-refractivity contribution is 5.60. The van der Waals surface area contributed by atoms with E-state index < -0.39 is 0 Å². The average Bonchev–Trinajstić information content (AvgIpc) is 2.98. The first-order chi connectivity index (χ1) is 8.33. The third-order valence-electron chi connectivity index (χ3n) is 4.18. The Balaban J connectivity index is 1.92. The second-order valence-corrected chi connectivity index (χ2v) is 4.96. The highest BCUT2D eigenvalue weighted by atomic mass is 16.5. The zero-order valence-electron chi connectivity index (χ0n) is 9.87. The molecule has 1 aromatic carbocycles. The molecular formula is C15H16O2. The van der Waals surface area contributed by atoms with E-state index in [1.54, 1.807) is 7.11 Å². The number of benzene rings is 1. The van der Waals surface area contributed by atoms with Crippen LogP contribution >= 0.6 is 0 Å². The molecule has 0 saturated heterocycles. The Morgan fingerprint density at radius 1 is 1.18 bits per heavy atom. The molecule has 0 spiro atoms. The van der Waals surface area contributed by atoms with Crippen LogP contribution in [0.25, 0.3) is 0 Å². The molecule has 0 unspecified atom stereocenters. The molecule has 0 N–H and O–H groups in total. The van der Waals surface area contributed by atoms with Crippen molar-refractivity contribution in [3.8, 4) is 5.75 Å². The standard InChI is InChI=1S/C15H16O2/c1-17-13-6-4-10(5-7-13)15-12-3-2-11(8-12)14(15)9-16/h2-7,9,11-12,14-15H,8H2,1H3/t11-,12+,14-,15-/m0/s1. The fourth-order valence-electron chi connectivity index (χ4n) is 3.34. The molecule has 2 bridgehead atoms. The first-order valence-electron chi connectivity index (χ1n) is 6.11. The van der Waals surface area contributed by atoms with E-state index in [2.05, 4.69) is 24.3 Å². The van der Waals surface area contributed by atoms with Crippen LogP contribution in [0.15, 0.2) is 36.4 Å². The number of carbonyl (C=O) groups excluding carboxylic acids is 1. The summed E-state index contributed by atoms with van der Waals surface area (Å²) in [6, 6.07) is 8.14. The number of allylic oxidation sites excluding steroid dienone is 2. The van der Waals surface area contributed by atoms with Gasteiger partial charge in [0.2, 0.25) is 0 Å². The van der Waals surface area contributed by atoms with Crippen molar-refractivity contribution in [2.75, 3.05) is 7.11 Å². The molecule has 88 valence electrons. The lowest BCUT2D eigenvalue weighted by Gasteiger charge is -2.24. The summed E-state index contributed by atoms with van der Waals surface area (Å²) in [5, 5.41) is 0. The van der Waals surface area contributed by atoms with Gasteiger partial charge in [0.1, 0.15) is 12.0 Å². The second-order valence-electron chi connectivity index (χ2n) is 4.96. The number of carbonyl (C=O) groups is 1. The van der Waals surface area contributed by atoms with Crippen LogP contribution in [0.5, 0.6) is 5.75 Å². The summed E-state index contributed by atoms with van der Waals surface area (Å²) in [7, 11) is 1.67. The Morgan fingerprint density at radius 2 is 1.88 bits per heavy atom. The smallest absolute Gasteiger partial charge is 0.124 e. The molecule has 17 heavy (non-hydrogen) atoms. The van der Waals surface area contributed by atoms with Gasteiger partial charge in [0, 0.05) is 11.8 Å². The zero-order chi connectivity index (χ0) is 11.8. The zero-order valence-corrected chi connectivity index (χ0v) is 9.87. The Morgan fingerprint density at radius 3 is 2.53 bits per heavy atom. The van der Waals surface area contributed by atoms with Crippen LogP contribution in [0.3, 0.4) is 0 Å². The number of fused-ring (bicyclic) bond motifs is 2. The minimum absolute atomic E-state index is 0.165. The fourth-order valence-corrected chi connectivity index (χ4v) is 3.34. The summed E-state index contributed by atoms with van der Waals surface area (Å²) in [6.07, 6.45) is 6.77. The molecule has 0 aromatic heterocycles. The topological polar surface area (TPSA) is 26.3 Å². The molecule has 2 aliphatic rings. The Bertz CT molecular complexity index is 446. The number of hydrogen-bond acceptors (Lipinski definition) is 2. The lowest BCUT2D eigenvalue weighted by atomic mass is 9.79. The summed E-state index contributed by atoms with van der Waals surface area (Å²) in [5.74, 6) is 2.41. The molecule has 1 saturated carbocycles. The van der Waals surface area contributed by atoms with Gasteiger partial charge in [-0.15, -0.1) is 0 Å². The van der Waals surface area contributed by atoms with Gasteiger partial charge in [0.05, 0.1) is 7.11 Å². The van der Waals surface area contributed by atoms with Crippen molar-refractivity contribution in [3.63, 3.8) is 0 Å². The Labute approximate surface area is 101 Å². The number of hydrogen-bond donors (Lipinski definition) is 0. The normalized spacial score (nSPS) is 33.9. The van der Waals surface area contributed by atoms with Crippen molar-refractivity contribution in [1.82, 2.24) is 0 Å². The maximum Gasteiger partial charge on any atom is 0.124 e. The monoisotopic (exact) mass is 228 g/mol. The first kappa shape index (κ1) is 10.6. The van der Waals surface area contributed by atoms with Gasteiger partial charge in [-0.3, -0.25) is 0 Å². The third-order valence-corrected chi connectivity index (χ3v) is 4.18. The molecule has 0 radical (unpaired) electrons. The van der Waals surface area contributed by atoms with Crippen LogP contribution in [0.2, 0.25) is 0 Å². The van der Waals surface area contributed by atoms with Crippen LogP contribution < -0.4 is 4.74 Å². The van der Waals surface area contributed by atoms with Crippen molar-refractivity contribution in [2.24, 2.45) is 17.8 Å². The summed E-state index contributed by atoms with van der Waals surface area (Å²) in [4.78, 5) is 11.2. The molecular weight excluding hydrogens is 212 g/mol. The highest BCUT2D eigenvalue weighted by Gasteiger charge is 2.44. The molecule has 3 rings (SSSR count). The maximum absolute atomic E-state index is 11.2. The van der Waals surface area contributed by atoms with E-state index in [-0.39, 0.29) is 5.92 Å². The predicted octanol–water partition coefficient (Wildman–Crippen LogP) is 2.80. The predicted molar refractivity (Wildman–Crippen MR) is 66.0 cm³/mol. The van der Waals surface area contributed by atoms with Crippen LogP contribution in [0, 0.1) is 17.8 Å². The van der Waals surface area contributed by atoms with Crippen LogP contribution in [0.4, 0.5) is 0 Å². The van der Waals surface area contributed by atoms with Crippen molar-refractivity contribution in [2.45, 2.75) is 12.3 Å². The largest absolute Gasteiger partial charge is 0.497 e. The van der Waals surface area contributed by atoms with Crippen molar-refractivity contribution in [1.29, 1.82) is 0 Å². The van der Waals surface area contributed by atoms with Gasteiger partial charge in [0.25, 0.3) is 0 Å². The minimum Gasteiger partial charge on any atom is -0.497 e. The van der Waals surface area contributed by atoms with Crippen LogP contribution in [0.1, 0.15) is 17.9 Å². The lowest BCUT2D eigenvalue weighted by Crippen LogP contribution is -2.18. The van der Waals surface area contributed by atoms with E-state index in [0.29, 0.717) is 17.8 Å². The third kappa shape index (κ3) is 1.59. The average molecular weight is 228 g/mol. The number of rotatable bonds is 3. The van der Waals surface area contributed by atoms with E-state index in [1.165, 1.54) is 5.56 Å². The van der Waals surface area contributed by atoms with E-state index in [9.17, 15) is 4.79 Å². The van der Waals surface area contributed by atoms with E-state index in [1.807, 2.05) is 12.1 Å². The maximum atomic E-state index is 11.2. The van der Waals surface area contributed by atoms with Gasteiger partial charge < -0.3 is 9.53 Å². The molecule has 0 aliphatic heterocycles. The van der Waals surface area contributed by atoms with Crippen LogP contribution in [-0.4, -0.2) is 13.4 Å². The number of methoxy groups -OCH3 is 1. The van der Waals surface area contributed by atoms with Crippen molar-refractivity contribution < 1.29 is 9.53 Å². The lowest BCUT2D eigenvalue weighted by molar-refractivity contribution is -0.112. The molecule has 4 atom stereocenters. The molecule has 2 heteroatoms. The number of aldehydes is 1. The van der Waals surface area contributed by atoms with Gasteiger partial charge in [0.15, 0.2) is 0 Å².